The fourth-order valence-corrected chi connectivity index (χ4v) is 2.54. The smallest absolute Gasteiger partial charge is 0.367 e. The Morgan fingerprint density at radius 1 is 1.35 bits per heavy atom. The molecule has 1 aliphatic rings. The first-order valence-corrected chi connectivity index (χ1v) is 6.31. The molecule has 0 aliphatic carbocycles. The van der Waals surface area contributed by atoms with Crippen LogP contribution in [-0.2, 0) is 15.2 Å². The van der Waals surface area contributed by atoms with Gasteiger partial charge in [0.2, 0.25) is 5.60 Å². The highest BCUT2D eigenvalue weighted by atomic mass is 35.5. The summed E-state index contributed by atoms with van der Waals surface area (Å²) in [5.74, 6) is -1.47. The molecule has 9 heteroatoms. The van der Waals surface area contributed by atoms with Crippen molar-refractivity contribution in [2.45, 2.75) is 17.4 Å². The van der Waals surface area contributed by atoms with Gasteiger partial charge in [-0.25, -0.2) is 4.79 Å². The highest BCUT2D eigenvalue weighted by Crippen LogP contribution is 2.50. The lowest BCUT2D eigenvalue weighted by atomic mass is 9.89. The first-order valence-electron chi connectivity index (χ1n) is 5.17. The van der Waals surface area contributed by atoms with Crippen molar-refractivity contribution in [3.8, 4) is 0 Å². The van der Waals surface area contributed by atoms with Gasteiger partial charge in [0.1, 0.15) is 0 Å². The Bertz CT molecular complexity index is 583. The van der Waals surface area contributed by atoms with E-state index in [0.29, 0.717) is 0 Å². The quantitative estimate of drug-likeness (QED) is 0.847. The van der Waals surface area contributed by atoms with E-state index in [1.807, 2.05) is 0 Å². The van der Waals surface area contributed by atoms with E-state index in [1.165, 1.54) is 18.2 Å². The zero-order valence-corrected chi connectivity index (χ0v) is 11.8. The lowest BCUT2D eigenvalue weighted by Gasteiger charge is -2.30. The molecule has 0 spiro atoms. The average Bonchev–Trinajstić information content (AvgIpc) is 2.72. The molecule has 0 amide bonds. The lowest BCUT2D eigenvalue weighted by Crippen LogP contribution is -2.42. The van der Waals surface area contributed by atoms with Crippen LogP contribution in [0.3, 0.4) is 0 Å². The molecule has 2 rings (SSSR count). The van der Waals surface area contributed by atoms with Gasteiger partial charge in [0, 0.05) is 15.6 Å². The summed E-state index contributed by atoms with van der Waals surface area (Å²) in [7, 11) is 0. The average molecular weight is 345 g/mol. The van der Waals surface area contributed by atoms with Crippen LogP contribution in [0.1, 0.15) is 12.0 Å². The molecule has 1 aromatic rings. The minimum Gasteiger partial charge on any atom is -0.477 e. The number of halogens is 5. The molecule has 0 fully saturated rings. The molecule has 0 aromatic heterocycles. The Morgan fingerprint density at radius 3 is 2.30 bits per heavy atom. The summed E-state index contributed by atoms with van der Waals surface area (Å²) in [5.41, 5.74) is -3.19. The Kier molecular flexibility index (Phi) is 3.83. The van der Waals surface area contributed by atoms with Gasteiger partial charge in [-0.15, -0.1) is 0 Å². The normalized spacial score (nSPS) is 22.4. The fraction of sp³-hybridized carbons (Fsp3) is 0.273. The molecule has 4 nitrogen and oxygen atoms in total. The Morgan fingerprint density at radius 2 is 1.90 bits per heavy atom. The van der Waals surface area contributed by atoms with Crippen molar-refractivity contribution in [2.75, 3.05) is 0 Å². The largest absolute Gasteiger partial charge is 0.477 e. The second-order valence-corrected chi connectivity index (χ2v) is 5.44. The summed E-state index contributed by atoms with van der Waals surface area (Å²) in [6.07, 6.45) is -0.713. The van der Waals surface area contributed by atoms with E-state index < -0.39 is 29.1 Å². The molecular weight excluding hydrogens is 338 g/mol. The van der Waals surface area contributed by atoms with Gasteiger partial charge in [-0.05, 0) is 29.8 Å². The first-order chi connectivity index (χ1) is 9.15. The molecular formula is C11H6Cl3F2NO3. The second kappa shape index (κ2) is 5.02. The number of oxime groups is 1. The summed E-state index contributed by atoms with van der Waals surface area (Å²) in [4.78, 5) is 15.5. The number of hydrogen-bond acceptors (Lipinski definition) is 3. The van der Waals surface area contributed by atoms with Gasteiger partial charge in [0.05, 0.1) is 6.42 Å². The predicted octanol–water partition coefficient (Wildman–Crippen LogP) is 3.88. The van der Waals surface area contributed by atoms with E-state index in [2.05, 4.69) is 9.99 Å². The third-order valence-electron chi connectivity index (χ3n) is 2.76. The molecule has 0 radical (unpaired) electrons. The maximum atomic E-state index is 13.8. The molecule has 0 saturated carbocycles. The van der Waals surface area contributed by atoms with Gasteiger partial charge >= 0.3 is 11.4 Å². The minimum absolute atomic E-state index is 0.0835. The monoisotopic (exact) mass is 343 g/mol. The molecule has 0 bridgehead atoms. The number of carboxylic acid groups (broad SMARTS) is 1. The van der Waals surface area contributed by atoms with Gasteiger partial charge in [0.25, 0.3) is 0 Å². The standard InChI is InChI=1S/C11H6Cl3F2NO3/c12-6-1-5(2-7(13)3-6)10(11(14,15)16)4-8(9(18)19)17-20-10/h1-3H,4H2,(H,18,19). The van der Waals surface area contributed by atoms with E-state index in [9.17, 15) is 13.6 Å². The highest BCUT2D eigenvalue weighted by Gasteiger charge is 2.61. The third kappa shape index (κ3) is 2.55. The van der Waals surface area contributed by atoms with Gasteiger partial charge < -0.3 is 9.94 Å². The summed E-state index contributed by atoms with van der Waals surface area (Å²) in [6, 6.07) is 3.68. The van der Waals surface area contributed by atoms with Crippen molar-refractivity contribution in [2.24, 2.45) is 5.16 Å². The van der Waals surface area contributed by atoms with Crippen LogP contribution < -0.4 is 0 Å². The van der Waals surface area contributed by atoms with Crippen molar-refractivity contribution in [3.63, 3.8) is 0 Å². The molecule has 20 heavy (non-hydrogen) atoms. The van der Waals surface area contributed by atoms with E-state index in [-0.39, 0.29) is 15.6 Å². The van der Waals surface area contributed by atoms with Gasteiger partial charge in [-0.1, -0.05) is 28.4 Å². The molecule has 1 N–H and O–H groups in total. The summed E-state index contributed by atoms with van der Waals surface area (Å²) < 4.78 is 27.5. The molecule has 1 aliphatic heterocycles. The zero-order chi connectivity index (χ0) is 15.1. The summed E-state index contributed by atoms with van der Waals surface area (Å²) in [6.45, 7) is 0. The van der Waals surface area contributed by atoms with E-state index in [4.69, 9.17) is 39.9 Å². The van der Waals surface area contributed by atoms with Crippen LogP contribution in [0.2, 0.25) is 10.0 Å². The molecule has 1 atom stereocenters. The van der Waals surface area contributed by atoms with Crippen molar-refractivity contribution in [3.05, 3.63) is 33.8 Å². The van der Waals surface area contributed by atoms with Crippen molar-refractivity contribution in [1.29, 1.82) is 0 Å². The minimum atomic E-state index is -3.91. The molecule has 108 valence electrons. The zero-order valence-electron chi connectivity index (χ0n) is 9.54. The van der Waals surface area contributed by atoms with Crippen LogP contribution in [0.25, 0.3) is 0 Å². The third-order valence-corrected chi connectivity index (χ3v) is 3.50. The van der Waals surface area contributed by atoms with E-state index in [0.717, 1.165) is 0 Å². The number of alkyl halides is 3. The topological polar surface area (TPSA) is 58.9 Å². The van der Waals surface area contributed by atoms with Gasteiger partial charge in [0.15, 0.2) is 5.71 Å². The second-order valence-electron chi connectivity index (χ2n) is 4.09. The fourth-order valence-electron chi connectivity index (χ4n) is 1.81. The Balaban J connectivity index is 2.54. The van der Waals surface area contributed by atoms with Crippen molar-refractivity contribution >= 4 is 46.5 Å². The summed E-state index contributed by atoms with van der Waals surface area (Å²) >= 11 is 16.6. The highest BCUT2D eigenvalue weighted by molar-refractivity contribution is 6.37. The van der Waals surface area contributed by atoms with Crippen molar-refractivity contribution in [1.82, 2.24) is 0 Å². The number of carbonyl (C=O) groups is 1. The van der Waals surface area contributed by atoms with E-state index >= 15 is 0 Å². The number of aliphatic carboxylic acids is 1. The van der Waals surface area contributed by atoms with Crippen LogP contribution in [0, 0.1) is 0 Å². The van der Waals surface area contributed by atoms with Crippen LogP contribution in [-0.4, -0.2) is 22.2 Å². The predicted molar refractivity (Wildman–Crippen MR) is 69.7 cm³/mol. The molecule has 0 saturated heterocycles. The lowest BCUT2D eigenvalue weighted by molar-refractivity contribution is -0.155. The maximum absolute atomic E-state index is 13.8. The first kappa shape index (κ1) is 15.3. The molecule has 1 heterocycles. The molecule has 1 aromatic carbocycles. The number of rotatable bonds is 3. The van der Waals surface area contributed by atoms with Gasteiger partial charge in [-0.2, -0.15) is 8.78 Å². The van der Waals surface area contributed by atoms with Crippen LogP contribution in [0.4, 0.5) is 8.78 Å². The summed E-state index contributed by atoms with van der Waals surface area (Å²) in [5, 5.41) is 8.23. The Hall–Kier alpha value is -1.11. The van der Waals surface area contributed by atoms with Crippen LogP contribution in [0.5, 0.6) is 0 Å². The van der Waals surface area contributed by atoms with E-state index in [1.54, 1.807) is 0 Å². The van der Waals surface area contributed by atoms with Gasteiger partial charge in [-0.3, -0.25) is 0 Å². The maximum Gasteiger partial charge on any atom is 0.367 e. The number of benzene rings is 1. The number of carboxylic acids is 1. The molecule has 1 unspecified atom stereocenters. The van der Waals surface area contributed by atoms with Crippen molar-refractivity contribution < 1.29 is 23.5 Å². The number of nitrogens with zero attached hydrogens (tertiary/aromatic N) is 1. The Labute approximate surface area is 126 Å². The SMILES string of the molecule is O=C(O)C1=NOC(c2cc(Cl)cc(Cl)c2)(C(F)(F)Cl)C1. The number of hydrogen-bond donors (Lipinski definition) is 1. The van der Waals surface area contributed by atoms with Crippen LogP contribution in [0.15, 0.2) is 23.4 Å². The van der Waals surface area contributed by atoms with Crippen LogP contribution >= 0.6 is 34.8 Å².